The molecule has 0 saturated heterocycles. The van der Waals surface area contributed by atoms with E-state index in [0.717, 1.165) is 0 Å². The first-order valence-electron chi connectivity index (χ1n) is 2.79. The molecule has 0 aliphatic carbocycles. The van der Waals surface area contributed by atoms with Crippen molar-refractivity contribution in [3.05, 3.63) is 17.0 Å². The van der Waals surface area contributed by atoms with Crippen molar-refractivity contribution in [3.8, 4) is 5.88 Å². The smallest absolute Gasteiger partial charge is 0.251 e. The van der Waals surface area contributed by atoms with E-state index in [1.165, 1.54) is 13.3 Å². The van der Waals surface area contributed by atoms with Crippen LogP contribution in [0.1, 0.15) is 10.5 Å². The topological polar surface area (TPSA) is 52.1 Å². The predicted octanol–water partition coefficient (Wildman–Crippen LogP) is 0.951. The molecular formula is C6H5ClN2O2. The summed E-state index contributed by atoms with van der Waals surface area (Å²) in [7, 11) is 1.43. The highest BCUT2D eigenvalue weighted by atomic mass is 35.5. The Bertz CT molecular complexity index is 277. The van der Waals surface area contributed by atoms with E-state index in [1.54, 1.807) is 0 Å². The minimum Gasteiger partial charge on any atom is -0.479 e. The molecular weight excluding hydrogens is 168 g/mol. The second-order valence-corrected chi connectivity index (χ2v) is 2.07. The average Bonchev–Trinajstić information content (AvgIpc) is 2.04. The third-order valence-electron chi connectivity index (χ3n) is 1.03. The maximum Gasteiger partial charge on any atom is 0.251 e. The summed E-state index contributed by atoms with van der Waals surface area (Å²) < 4.78 is 4.72. The number of carbonyl (C=O) groups excluding carboxylic acids is 1. The minimum absolute atomic E-state index is 0.0945. The van der Waals surface area contributed by atoms with Gasteiger partial charge in [0, 0.05) is 0 Å². The summed E-state index contributed by atoms with van der Waals surface area (Å²) in [5.41, 5.74) is 0.191. The molecule has 0 N–H and O–H groups in total. The molecule has 0 saturated carbocycles. The zero-order valence-corrected chi connectivity index (χ0v) is 6.50. The van der Waals surface area contributed by atoms with Crippen LogP contribution in [0.25, 0.3) is 0 Å². The number of hydrogen-bond acceptors (Lipinski definition) is 4. The average molecular weight is 173 g/mol. The number of aldehydes is 1. The van der Waals surface area contributed by atoms with Crippen LogP contribution in [0.15, 0.2) is 6.20 Å². The van der Waals surface area contributed by atoms with Crippen molar-refractivity contribution in [2.75, 3.05) is 7.11 Å². The number of nitrogens with zero attached hydrogens (tertiary/aromatic N) is 2. The number of carbonyl (C=O) groups is 1. The van der Waals surface area contributed by atoms with Crippen molar-refractivity contribution >= 4 is 17.9 Å². The molecule has 1 aromatic heterocycles. The van der Waals surface area contributed by atoms with Gasteiger partial charge in [0.2, 0.25) is 0 Å². The third kappa shape index (κ3) is 1.65. The molecule has 0 atom stereocenters. The van der Waals surface area contributed by atoms with Gasteiger partial charge in [0.25, 0.3) is 5.88 Å². The monoisotopic (exact) mass is 172 g/mol. The molecule has 1 aromatic rings. The van der Waals surface area contributed by atoms with Gasteiger partial charge in [-0.05, 0) is 0 Å². The van der Waals surface area contributed by atoms with E-state index in [9.17, 15) is 4.79 Å². The molecule has 0 bridgehead atoms. The molecule has 0 unspecified atom stereocenters. The Labute approximate surface area is 68.2 Å². The summed E-state index contributed by atoms with van der Waals surface area (Å²) in [6.07, 6.45) is 1.86. The van der Waals surface area contributed by atoms with E-state index in [2.05, 4.69) is 9.97 Å². The van der Waals surface area contributed by atoms with Gasteiger partial charge in [-0.1, -0.05) is 11.6 Å². The number of hydrogen-bond donors (Lipinski definition) is 0. The Hall–Kier alpha value is -1.16. The first-order chi connectivity index (χ1) is 5.27. The van der Waals surface area contributed by atoms with Crippen molar-refractivity contribution in [2.24, 2.45) is 0 Å². The molecule has 1 rings (SSSR count). The molecule has 1 heterocycles. The highest BCUT2D eigenvalue weighted by Gasteiger charge is 2.03. The number of halogens is 1. The van der Waals surface area contributed by atoms with Crippen LogP contribution in [-0.2, 0) is 0 Å². The van der Waals surface area contributed by atoms with Gasteiger partial charge in [0.05, 0.1) is 13.3 Å². The summed E-state index contributed by atoms with van der Waals surface area (Å²) >= 11 is 5.55. The molecule has 0 amide bonds. The summed E-state index contributed by atoms with van der Waals surface area (Å²) in [6, 6.07) is 0. The van der Waals surface area contributed by atoms with Gasteiger partial charge in [-0.15, -0.1) is 0 Å². The molecule has 0 aliphatic heterocycles. The number of aromatic nitrogens is 2. The van der Waals surface area contributed by atoms with Crippen molar-refractivity contribution in [3.63, 3.8) is 0 Å². The fourth-order valence-electron chi connectivity index (χ4n) is 0.562. The quantitative estimate of drug-likeness (QED) is 0.624. The largest absolute Gasteiger partial charge is 0.479 e. The lowest BCUT2D eigenvalue weighted by Gasteiger charge is -1.98. The summed E-state index contributed by atoms with van der Waals surface area (Å²) in [5.74, 6) is 0.220. The Morgan fingerprint density at radius 3 is 2.91 bits per heavy atom. The molecule has 5 heteroatoms. The number of methoxy groups -OCH3 is 1. The lowest BCUT2D eigenvalue weighted by Crippen LogP contribution is -1.94. The van der Waals surface area contributed by atoms with Crippen LogP contribution in [0.2, 0.25) is 5.15 Å². The van der Waals surface area contributed by atoms with E-state index >= 15 is 0 Å². The van der Waals surface area contributed by atoms with Gasteiger partial charge >= 0.3 is 0 Å². The lowest BCUT2D eigenvalue weighted by molar-refractivity contribution is 0.111. The van der Waals surface area contributed by atoms with E-state index in [0.29, 0.717) is 6.29 Å². The van der Waals surface area contributed by atoms with Crippen LogP contribution in [0.5, 0.6) is 5.88 Å². The SMILES string of the molecule is COc1ncc(C=O)nc1Cl. The molecule has 0 radical (unpaired) electrons. The Kier molecular flexibility index (Phi) is 2.38. The Balaban J connectivity index is 3.09. The first kappa shape index (κ1) is 7.94. The number of ether oxygens (including phenoxy) is 1. The standard InChI is InChI=1S/C6H5ClN2O2/c1-11-6-5(7)9-4(3-10)2-8-6/h2-3H,1H3. The van der Waals surface area contributed by atoms with Gasteiger partial charge in [-0.2, -0.15) is 0 Å². The Morgan fingerprint density at radius 1 is 1.73 bits per heavy atom. The van der Waals surface area contributed by atoms with Crippen LogP contribution < -0.4 is 4.74 Å². The van der Waals surface area contributed by atoms with Gasteiger partial charge in [-0.25, -0.2) is 9.97 Å². The molecule has 0 aliphatic rings. The summed E-state index contributed by atoms with van der Waals surface area (Å²) in [5, 5.41) is 0.0945. The highest BCUT2D eigenvalue weighted by Crippen LogP contribution is 2.16. The zero-order valence-electron chi connectivity index (χ0n) is 5.74. The van der Waals surface area contributed by atoms with Crippen LogP contribution >= 0.6 is 11.6 Å². The van der Waals surface area contributed by atoms with Gasteiger partial charge in [0.1, 0.15) is 5.69 Å². The summed E-state index contributed by atoms with van der Waals surface area (Å²) in [4.78, 5) is 17.5. The predicted molar refractivity (Wildman–Crippen MR) is 39.0 cm³/mol. The molecule has 0 fully saturated rings. The molecule has 4 nitrogen and oxygen atoms in total. The lowest BCUT2D eigenvalue weighted by atomic mass is 10.5. The van der Waals surface area contributed by atoms with Crippen molar-refractivity contribution in [1.82, 2.24) is 9.97 Å². The van der Waals surface area contributed by atoms with E-state index in [1.807, 2.05) is 0 Å². The van der Waals surface area contributed by atoms with Crippen molar-refractivity contribution in [1.29, 1.82) is 0 Å². The van der Waals surface area contributed by atoms with Crippen molar-refractivity contribution in [2.45, 2.75) is 0 Å². The normalized spacial score (nSPS) is 9.27. The first-order valence-corrected chi connectivity index (χ1v) is 3.17. The van der Waals surface area contributed by atoms with E-state index in [-0.39, 0.29) is 16.7 Å². The van der Waals surface area contributed by atoms with Gasteiger partial charge < -0.3 is 4.74 Å². The molecule has 58 valence electrons. The van der Waals surface area contributed by atoms with Gasteiger partial charge in [-0.3, -0.25) is 4.79 Å². The van der Waals surface area contributed by atoms with Crippen LogP contribution in [0.3, 0.4) is 0 Å². The maximum absolute atomic E-state index is 10.2. The van der Waals surface area contributed by atoms with Crippen LogP contribution in [0, 0.1) is 0 Å². The highest BCUT2D eigenvalue weighted by molar-refractivity contribution is 6.30. The van der Waals surface area contributed by atoms with E-state index in [4.69, 9.17) is 16.3 Å². The minimum atomic E-state index is 0.0945. The Morgan fingerprint density at radius 2 is 2.45 bits per heavy atom. The van der Waals surface area contributed by atoms with Gasteiger partial charge in [0.15, 0.2) is 11.4 Å². The zero-order chi connectivity index (χ0) is 8.27. The fourth-order valence-corrected chi connectivity index (χ4v) is 0.785. The molecule has 0 aromatic carbocycles. The third-order valence-corrected chi connectivity index (χ3v) is 1.28. The second-order valence-electron chi connectivity index (χ2n) is 1.71. The number of rotatable bonds is 2. The van der Waals surface area contributed by atoms with Crippen LogP contribution in [-0.4, -0.2) is 23.4 Å². The second kappa shape index (κ2) is 3.30. The maximum atomic E-state index is 10.2. The van der Waals surface area contributed by atoms with Crippen LogP contribution in [0.4, 0.5) is 0 Å². The summed E-state index contributed by atoms with van der Waals surface area (Å²) in [6.45, 7) is 0. The molecule has 11 heavy (non-hydrogen) atoms. The molecule has 0 spiro atoms. The fraction of sp³-hybridized carbons (Fsp3) is 0.167. The van der Waals surface area contributed by atoms with Crippen molar-refractivity contribution < 1.29 is 9.53 Å². The van der Waals surface area contributed by atoms with E-state index < -0.39 is 0 Å².